The molecular formula is C9H16N2O4. The minimum atomic E-state index is -0.919. The summed E-state index contributed by atoms with van der Waals surface area (Å²) in [5.74, 6) is -1.10. The standard InChI is InChI=1S/C9H16N2O4/c10-5-7(1-2-9(14)15)11-6-8(13)3-4-12/h12H,1-6,10H2,(H,14,15). The highest BCUT2D eigenvalue weighted by molar-refractivity contribution is 5.91. The molecule has 0 amide bonds. The van der Waals surface area contributed by atoms with Crippen molar-refractivity contribution in [3.63, 3.8) is 0 Å². The van der Waals surface area contributed by atoms with Gasteiger partial charge in [0.1, 0.15) is 0 Å². The van der Waals surface area contributed by atoms with Crippen LogP contribution in [-0.4, -0.2) is 47.4 Å². The summed E-state index contributed by atoms with van der Waals surface area (Å²) in [7, 11) is 0. The lowest BCUT2D eigenvalue weighted by Gasteiger charge is -2.01. The molecule has 0 radical (unpaired) electrons. The number of carboxylic acid groups (broad SMARTS) is 1. The fraction of sp³-hybridized carbons (Fsp3) is 0.667. The third-order valence-electron chi connectivity index (χ3n) is 1.73. The van der Waals surface area contributed by atoms with E-state index in [1.165, 1.54) is 0 Å². The topological polar surface area (TPSA) is 113 Å². The summed E-state index contributed by atoms with van der Waals surface area (Å²) in [4.78, 5) is 25.1. The van der Waals surface area contributed by atoms with E-state index in [4.69, 9.17) is 15.9 Å². The number of hydrogen-bond donors (Lipinski definition) is 3. The molecule has 6 heteroatoms. The van der Waals surface area contributed by atoms with E-state index < -0.39 is 5.97 Å². The summed E-state index contributed by atoms with van der Waals surface area (Å²) in [6, 6.07) is 0. The Morgan fingerprint density at radius 2 is 1.87 bits per heavy atom. The molecule has 0 rings (SSSR count). The van der Waals surface area contributed by atoms with Crippen molar-refractivity contribution in [3.05, 3.63) is 0 Å². The third-order valence-corrected chi connectivity index (χ3v) is 1.73. The van der Waals surface area contributed by atoms with Gasteiger partial charge in [0, 0.05) is 18.7 Å². The third kappa shape index (κ3) is 7.77. The van der Waals surface area contributed by atoms with Gasteiger partial charge in [0.25, 0.3) is 0 Å². The van der Waals surface area contributed by atoms with Crippen molar-refractivity contribution >= 4 is 17.5 Å². The molecule has 15 heavy (non-hydrogen) atoms. The van der Waals surface area contributed by atoms with Crippen LogP contribution in [0, 0.1) is 0 Å². The van der Waals surface area contributed by atoms with Crippen LogP contribution in [0.1, 0.15) is 19.3 Å². The van der Waals surface area contributed by atoms with Crippen molar-refractivity contribution in [2.75, 3.05) is 19.7 Å². The van der Waals surface area contributed by atoms with E-state index in [0.29, 0.717) is 5.71 Å². The zero-order valence-corrected chi connectivity index (χ0v) is 8.48. The molecule has 0 saturated heterocycles. The molecule has 0 aromatic carbocycles. The molecule has 0 atom stereocenters. The van der Waals surface area contributed by atoms with Crippen LogP contribution in [-0.2, 0) is 9.59 Å². The molecule has 0 spiro atoms. The van der Waals surface area contributed by atoms with Crippen molar-refractivity contribution in [1.82, 2.24) is 0 Å². The zero-order valence-electron chi connectivity index (χ0n) is 8.48. The molecule has 0 aliphatic carbocycles. The maximum atomic E-state index is 11.0. The van der Waals surface area contributed by atoms with Gasteiger partial charge in [-0.05, 0) is 6.42 Å². The summed E-state index contributed by atoms with van der Waals surface area (Å²) in [6.07, 6.45) is 0.294. The van der Waals surface area contributed by atoms with Gasteiger partial charge in [-0.3, -0.25) is 14.6 Å². The number of carbonyl (C=O) groups excluding carboxylic acids is 1. The van der Waals surface area contributed by atoms with Crippen LogP contribution in [0.15, 0.2) is 4.99 Å². The van der Waals surface area contributed by atoms with Crippen molar-refractivity contribution in [2.24, 2.45) is 10.7 Å². The summed E-state index contributed by atoms with van der Waals surface area (Å²) in [5.41, 5.74) is 5.85. The second-order valence-corrected chi connectivity index (χ2v) is 2.99. The summed E-state index contributed by atoms with van der Waals surface area (Å²) in [5, 5.41) is 16.9. The molecule has 0 bridgehead atoms. The van der Waals surface area contributed by atoms with E-state index in [0.717, 1.165) is 0 Å². The highest BCUT2D eigenvalue weighted by Crippen LogP contribution is 1.94. The Morgan fingerprint density at radius 1 is 1.20 bits per heavy atom. The normalized spacial score (nSPS) is 11.5. The lowest BCUT2D eigenvalue weighted by Crippen LogP contribution is -2.17. The van der Waals surface area contributed by atoms with Crippen molar-refractivity contribution in [1.29, 1.82) is 0 Å². The quantitative estimate of drug-likeness (QED) is 0.460. The molecule has 0 aromatic rings. The number of aliphatic hydroxyl groups is 1. The van der Waals surface area contributed by atoms with Gasteiger partial charge in [0.2, 0.25) is 0 Å². The predicted octanol–water partition coefficient (Wildman–Crippen LogP) is -0.798. The van der Waals surface area contributed by atoms with Gasteiger partial charge < -0.3 is 15.9 Å². The number of rotatable bonds is 8. The predicted molar refractivity (Wildman–Crippen MR) is 54.9 cm³/mol. The highest BCUT2D eigenvalue weighted by atomic mass is 16.4. The van der Waals surface area contributed by atoms with E-state index in [-0.39, 0.29) is 44.7 Å². The first-order valence-corrected chi connectivity index (χ1v) is 4.66. The second-order valence-electron chi connectivity index (χ2n) is 2.99. The maximum absolute atomic E-state index is 11.0. The molecule has 0 saturated carbocycles. The monoisotopic (exact) mass is 216 g/mol. The Bertz CT molecular complexity index is 250. The molecule has 86 valence electrons. The van der Waals surface area contributed by atoms with Crippen molar-refractivity contribution in [2.45, 2.75) is 19.3 Å². The maximum Gasteiger partial charge on any atom is 0.303 e. The molecule has 4 N–H and O–H groups in total. The first-order chi connectivity index (χ1) is 7.10. The smallest absolute Gasteiger partial charge is 0.303 e. The number of carbonyl (C=O) groups is 2. The minimum absolute atomic E-state index is 0.0350. The number of aliphatic imine (C=N–C) groups is 1. The number of ketones is 1. The highest BCUT2D eigenvalue weighted by Gasteiger charge is 2.04. The first-order valence-electron chi connectivity index (χ1n) is 4.66. The van der Waals surface area contributed by atoms with Crippen molar-refractivity contribution < 1.29 is 19.8 Å². The molecule has 0 aliphatic rings. The van der Waals surface area contributed by atoms with Crippen LogP contribution in [0.25, 0.3) is 0 Å². The zero-order chi connectivity index (χ0) is 11.7. The Hall–Kier alpha value is -1.27. The number of aliphatic carboxylic acids is 1. The van der Waals surface area contributed by atoms with E-state index >= 15 is 0 Å². The SMILES string of the molecule is NCC(CCC(=O)O)=NCC(=O)CCO. The fourth-order valence-electron chi connectivity index (χ4n) is 0.901. The van der Waals surface area contributed by atoms with Crippen molar-refractivity contribution in [3.8, 4) is 0 Å². The number of nitrogens with two attached hydrogens (primary N) is 1. The van der Waals surface area contributed by atoms with Crippen LogP contribution < -0.4 is 5.73 Å². The summed E-state index contributed by atoms with van der Waals surface area (Å²) in [6.45, 7) is -0.0756. The Morgan fingerprint density at radius 3 is 2.33 bits per heavy atom. The van der Waals surface area contributed by atoms with Gasteiger partial charge in [-0.25, -0.2) is 0 Å². The average molecular weight is 216 g/mol. The Labute approximate surface area is 87.8 Å². The van der Waals surface area contributed by atoms with Gasteiger partial charge in [-0.15, -0.1) is 0 Å². The summed E-state index contributed by atoms with van der Waals surface area (Å²) >= 11 is 0. The summed E-state index contributed by atoms with van der Waals surface area (Å²) < 4.78 is 0. The molecule has 0 heterocycles. The van der Waals surface area contributed by atoms with Crippen LogP contribution >= 0.6 is 0 Å². The average Bonchev–Trinajstić information content (AvgIpc) is 2.18. The van der Waals surface area contributed by atoms with Gasteiger partial charge in [-0.1, -0.05) is 0 Å². The van der Waals surface area contributed by atoms with E-state index in [1.54, 1.807) is 0 Å². The minimum Gasteiger partial charge on any atom is -0.481 e. The number of Topliss-reactive ketones (excluding diaryl/α,β-unsaturated/α-hetero) is 1. The van der Waals surface area contributed by atoms with E-state index in [9.17, 15) is 9.59 Å². The van der Waals surface area contributed by atoms with E-state index in [2.05, 4.69) is 4.99 Å². The largest absolute Gasteiger partial charge is 0.481 e. The molecule has 0 fully saturated rings. The van der Waals surface area contributed by atoms with Crippen LogP contribution in [0.3, 0.4) is 0 Å². The van der Waals surface area contributed by atoms with Gasteiger partial charge in [-0.2, -0.15) is 0 Å². The number of aliphatic hydroxyl groups excluding tert-OH is 1. The first kappa shape index (κ1) is 13.7. The molecule has 0 aliphatic heterocycles. The van der Waals surface area contributed by atoms with Crippen LogP contribution in [0.5, 0.6) is 0 Å². The second kappa shape index (κ2) is 8.07. The number of hydrogen-bond acceptors (Lipinski definition) is 5. The molecule has 6 nitrogen and oxygen atoms in total. The lowest BCUT2D eigenvalue weighted by molar-refractivity contribution is -0.136. The Kier molecular flexibility index (Phi) is 7.39. The fourth-order valence-corrected chi connectivity index (χ4v) is 0.901. The molecule has 0 unspecified atom stereocenters. The number of nitrogens with zero attached hydrogens (tertiary/aromatic N) is 1. The van der Waals surface area contributed by atoms with E-state index in [1.807, 2.05) is 0 Å². The number of carboxylic acids is 1. The van der Waals surface area contributed by atoms with Crippen LogP contribution in [0.2, 0.25) is 0 Å². The Balaban J connectivity index is 3.98. The molecule has 0 aromatic heterocycles. The van der Waals surface area contributed by atoms with Crippen LogP contribution in [0.4, 0.5) is 0 Å². The molecular weight excluding hydrogens is 200 g/mol. The van der Waals surface area contributed by atoms with Gasteiger partial charge in [0.15, 0.2) is 5.78 Å². The lowest BCUT2D eigenvalue weighted by atomic mass is 10.2. The van der Waals surface area contributed by atoms with Gasteiger partial charge >= 0.3 is 5.97 Å². The van der Waals surface area contributed by atoms with Gasteiger partial charge in [0.05, 0.1) is 19.6 Å².